The number of carbonyl (C=O) groups is 1. The zero-order valence-electron chi connectivity index (χ0n) is 25.1. The molecule has 2 atom stereocenters. The van der Waals surface area contributed by atoms with Crippen LogP contribution in [0.2, 0.25) is 0 Å². The predicted molar refractivity (Wildman–Crippen MR) is 161 cm³/mol. The van der Waals surface area contributed by atoms with E-state index in [9.17, 15) is 22.9 Å². The third-order valence-corrected chi connectivity index (χ3v) is 8.34. The van der Waals surface area contributed by atoms with Gasteiger partial charge in [0.15, 0.2) is 0 Å². The Morgan fingerprint density at radius 2 is 0.947 bits per heavy atom. The molecule has 0 heterocycles. The highest BCUT2D eigenvalue weighted by Crippen LogP contribution is 2.15. The van der Waals surface area contributed by atoms with Crippen LogP contribution in [0.4, 0.5) is 0 Å². The lowest BCUT2D eigenvalue weighted by molar-refractivity contribution is -0.122. The average molecular weight is 562 g/mol. The van der Waals surface area contributed by atoms with Crippen LogP contribution in [0, 0.1) is 0 Å². The van der Waals surface area contributed by atoms with Gasteiger partial charge in [-0.05, 0) is 12.8 Å². The second-order valence-electron chi connectivity index (χ2n) is 11.5. The van der Waals surface area contributed by atoms with Crippen LogP contribution in [0.25, 0.3) is 0 Å². The predicted octanol–water partition coefficient (Wildman–Crippen LogP) is 8.51. The van der Waals surface area contributed by atoms with Crippen molar-refractivity contribution in [2.75, 3.05) is 5.75 Å². The second-order valence-corrected chi connectivity index (χ2v) is 13.0. The normalized spacial score (nSPS) is 13.5. The Kier molecular flexibility index (Phi) is 26.1. The summed E-state index contributed by atoms with van der Waals surface area (Å²) in [6.45, 7) is 4.44. The molecular formula is C31H63NO5S. The summed E-state index contributed by atoms with van der Waals surface area (Å²) in [6.07, 6.45) is 27.8. The van der Waals surface area contributed by atoms with Gasteiger partial charge in [0.25, 0.3) is 10.1 Å². The van der Waals surface area contributed by atoms with Gasteiger partial charge >= 0.3 is 0 Å². The quantitative estimate of drug-likeness (QED) is 0.0627. The zero-order chi connectivity index (χ0) is 28.3. The minimum absolute atomic E-state index is 0.248. The molecule has 0 aliphatic rings. The van der Waals surface area contributed by atoms with Gasteiger partial charge in [-0.15, -0.1) is 0 Å². The van der Waals surface area contributed by atoms with Crippen molar-refractivity contribution in [3.8, 4) is 0 Å². The third kappa shape index (κ3) is 26.9. The lowest BCUT2D eigenvalue weighted by Crippen LogP contribution is -2.47. The number of rotatable bonds is 29. The van der Waals surface area contributed by atoms with E-state index in [0.29, 0.717) is 12.8 Å². The number of hydrogen-bond donors (Lipinski definition) is 3. The lowest BCUT2D eigenvalue weighted by atomic mass is 10.0. The molecule has 0 saturated carbocycles. The molecule has 1 amide bonds. The maximum atomic E-state index is 12.4. The number of unbranched alkanes of at least 4 members (excludes halogenated alkanes) is 21. The van der Waals surface area contributed by atoms with Crippen molar-refractivity contribution in [1.29, 1.82) is 0 Å². The second kappa shape index (κ2) is 26.6. The molecule has 6 nitrogen and oxygen atoms in total. The summed E-state index contributed by atoms with van der Waals surface area (Å²) in [4.78, 5) is 12.4. The van der Waals surface area contributed by atoms with Crippen LogP contribution >= 0.6 is 0 Å². The molecule has 0 spiro atoms. The number of aliphatic hydroxyl groups is 1. The third-order valence-electron chi connectivity index (χ3n) is 7.56. The summed E-state index contributed by atoms with van der Waals surface area (Å²) in [5, 5.41) is 13.2. The van der Waals surface area contributed by atoms with Crippen LogP contribution in [0.5, 0.6) is 0 Å². The molecule has 0 aliphatic carbocycles. The topological polar surface area (TPSA) is 104 Å². The van der Waals surface area contributed by atoms with Crippen LogP contribution < -0.4 is 5.32 Å². The van der Waals surface area contributed by atoms with Crippen molar-refractivity contribution < 1.29 is 22.9 Å². The standard InChI is InChI=1S/C31H63NO5S/c1-3-5-7-9-11-12-13-14-15-16-17-18-19-21-23-25-27-31(34)32-29(28-38(35,36)37)30(33)26-24-22-20-10-8-6-4-2/h29-30,33H,3-28H2,1-2H3,(H,32,34)(H,35,36,37). The molecule has 0 radical (unpaired) electrons. The van der Waals surface area contributed by atoms with Crippen molar-refractivity contribution in [1.82, 2.24) is 5.32 Å². The van der Waals surface area contributed by atoms with Gasteiger partial charge in [-0.1, -0.05) is 155 Å². The molecule has 0 rings (SSSR count). The van der Waals surface area contributed by atoms with E-state index in [1.54, 1.807) is 0 Å². The van der Waals surface area contributed by atoms with Crippen molar-refractivity contribution in [3.05, 3.63) is 0 Å². The van der Waals surface area contributed by atoms with E-state index >= 15 is 0 Å². The van der Waals surface area contributed by atoms with Gasteiger partial charge in [-0.2, -0.15) is 8.42 Å². The van der Waals surface area contributed by atoms with E-state index in [-0.39, 0.29) is 5.91 Å². The molecule has 7 heteroatoms. The van der Waals surface area contributed by atoms with Crippen molar-refractivity contribution in [3.63, 3.8) is 0 Å². The van der Waals surface area contributed by atoms with E-state index in [1.165, 1.54) is 109 Å². The van der Waals surface area contributed by atoms with Gasteiger partial charge in [0.05, 0.1) is 17.9 Å². The Labute approximate surface area is 236 Å². The van der Waals surface area contributed by atoms with Gasteiger partial charge in [0, 0.05) is 6.42 Å². The first-order chi connectivity index (χ1) is 18.3. The van der Waals surface area contributed by atoms with E-state index in [4.69, 9.17) is 0 Å². The van der Waals surface area contributed by atoms with Gasteiger partial charge in [0.1, 0.15) is 0 Å². The highest BCUT2D eigenvalue weighted by molar-refractivity contribution is 7.85. The molecule has 0 aromatic carbocycles. The van der Waals surface area contributed by atoms with Crippen molar-refractivity contribution in [2.45, 2.75) is 187 Å². The van der Waals surface area contributed by atoms with Crippen molar-refractivity contribution in [2.24, 2.45) is 0 Å². The van der Waals surface area contributed by atoms with Gasteiger partial charge in [0.2, 0.25) is 5.91 Å². The summed E-state index contributed by atoms with van der Waals surface area (Å²) in [5.74, 6) is -0.891. The first kappa shape index (κ1) is 37.3. The Balaban J connectivity index is 3.85. The molecule has 228 valence electrons. The fourth-order valence-corrected chi connectivity index (χ4v) is 5.86. The number of amides is 1. The molecule has 0 fully saturated rings. The molecule has 0 aromatic heterocycles. The van der Waals surface area contributed by atoms with Crippen molar-refractivity contribution >= 4 is 16.0 Å². The molecule has 38 heavy (non-hydrogen) atoms. The number of carbonyl (C=O) groups excluding carboxylic acids is 1. The van der Waals surface area contributed by atoms with E-state index in [2.05, 4.69) is 19.2 Å². The van der Waals surface area contributed by atoms with Crippen LogP contribution in [-0.4, -0.2) is 41.9 Å². The summed E-state index contributed by atoms with van der Waals surface area (Å²) < 4.78 is 32.1. The fourth-order valence-electron chi connectivity index (χ4n) is 5.10. The van der Waals surface area contributed by atoms with Gasteiger partial charge in [-0.25, -0.2) is 0 Å². The van der Waals surface area contributed by atoms with E-state index < -0.39 is 28.0 Å². The first-order valence-corrected chi connectivity index (χ1v) is 17.8. The molecule has 0 bridgehead atoms. The van der Waals surface area contributed by atoms with Crippen LogP contribution in [0.3, 0.4) is 0 Å². The summed E-state index contributed by atoms with van der Waals surface area (Å²) in [7, 11) is -4.29. The van der Waals surface area contributed by atoms with Crippen LogP contribution in [0.1, 0.15) is 174 Å². The Morgan fingerprint density at radius 3 is 1.32 bits per heavy atom. The smallest absolute Gasteiger partial charge is 0.266 e. The molecule has 2 unspecified atom stereocenters. The number of hydrogen-bond acceptors (Lipinski definition) is 4. The van der Waals surface area contributed by atoms with Crippen LogP contribution in [0.15, 0.2) is 0 Å². The summed E-state index contributed by atoms with van der Waals surface area (Å²) >= 11 is 0. The molecular weight excluding hydrogens is 498 g/mol. The Bertz CT molecular complexity index is 626. The number of nitrogens with one attached hydrogen (secondary N) is 1. The van der Waals surface area contributed by atoms with Crippen LogP contribution in [-0.2, 0) is 14.9 Å². The molecule has 0 aromatic rings. The molecule has 3 N–H and O–H groups in total. The maximum absolute atomic E-state index is 12.4. The lowest BCUT2D eigenvalue weighted by Gasteiger charge is -2.23. The van der Waals surface area contributed by atoms with E-state index in [0.717, 1.165) is 38.5 Å². The first-order valence-electron chi connectivity index (χ1n) is 16.2. The van der Waals surface area contributed by atoms with Gasteiger partial charge in [-0.3, -0.25) is 9.35 Å². The minimum Gasteiger partial charge on any atom is -0.391 e. The Morgan fingerprint density at radius 1 is 0.605 bits per heavy atom. The highest BCUT2D eigenvalue weighted by Gasteiger charge is 2.26. The van der Waals surface area contributed by atoms with E-state index in [1.807, 2.05) is 0 Å². The fraction of sp³-hybridized carbons (Fsp3) is 0.968. The minimum atomic E-state index is -4.29. The largest absolute Gasteiger partial charge is 0.391 e. The SMILES string of the molecule is CCCCCCCCCCCCCCCCCCC(=O)NC(CS(=O)(=O)O)C(O)CCCCCCCCC. The van der Waals surface area contributed by atoms with Gasteiger partial charge < -0.3 is 10.4 Å². The summed E-state index contributed by atoms with van der Waals surface area (Å²) in [5.41, 5.74) is 0. The highest BCUT2D eigenvalue weighted by atomic mass is 32.2. The number of aliphatic hydroxyl groups excluding tert-OH is 1. The zero-order valence-corrected chi connectivity index (χ0v) is 25.9. The molecule has 0 aliphatic heterocycles. The Hall–Kier alpha value is -0.660. The molecule has 0 saturated heterocycles. The summed E-state index contributed by atoms with van der Waals surface area (Å²) in [6, 6.07) is -0.960. The average Bonchev–Trinajstić information content (AvgIpc) is 2.86. The maximum Gasteiger partial charge on any atom is 0.266 e. The monoisotopic (exact) mass is 561 g/mol.